The molecule has 7 rings (SSSR count). The number of carbonyl (C=O) groups is 5. The zero-order chi connectivity index (χ0) is 33.2. The Hall–Kier alpha value is -5.51. The molecule has 3 aliphatic carbocycles. The molecule has 4 aliphatic rings. The highest BCUT2D eigenvalue weighted by atomic mass is 16.5. The van der Waals surface area contributed by atoms with E-state index in [1.54, 1.807) is 36.4 Å². The van der Waals surface area contributed by atoms with Gasteiger partial charge in [0.05, 0.1) is 31.5 Å². The third-order valence-corrected chi connectivity index (χ3v) is 10.4. The third kappa shape index (κ3) is 4.20. The van der Waals surface area contributed by atoms with Crippen molar-refractivity contribution in [2.45, 2.75) is 24.2 Å². The number of urea groups is 1. The average Bonchev–Trinajstić information content (AvgIpc) is 3.35. The Labute approximate surface area is 270 Å². The van der Waals surface area contributed by atoms with E-state index in [2.05, 4.69) is 0 Å². The van der Waals surface area contributed by atoms with Crippen molar-refractivity contribution in [3.8, 4) is 17.2 Å². The fourth-order valence-electron chi connectivity index (χ4n) is 8.62. The van der Waals surface area contributed by atoms with Crippen molar-refractivity contribution in [2.24, 2.45) is 29.4 Å². The van der Waals surface area contributed by atoms with E-state index >= 15 is 4.79 Å². The Kier molecular flexibility index (Phi) is 7.11. The number of ketones is 2. The van der Waals surface area contributed by atoms with Gasteiger partial charge >= 0.3 is 6.03 Å². The number of primary amides is 1. The van der Waals surface area contributed by atoms with Crippen molar-refractivity contribution in [3.63, 3.8) is 0 Å². The van der Waals surface area contributed by atoms with Crippen molar-refractivity contribution in [2.75, 3.05) is 14.2 Å². The topological polar surface area (TPSA) is 153 Å². The van der Waals surface area contributed by atoms with Crippen LogP contribution < -0.4 is 15.2 Å². The molecule has 0 bridgehead atoms. The van der Waals surface area contributed by atoms with Gasteiger partial charge in [-0.3, -0.25) is 19.2 Å². The van der Waals surface area contributed by atoms with Crippen molar-refractivity contribution in [1.29, 1.82) is 0 Å². The monoisotopic (exact) mass is 632 g/mol. The zero-order valence-electron chi connectivity index (χ0n) is 25.7. The first kappa shape index (κ1) is 30.2. The molecule has 6 atom stereocenters. The highest BCUT2D eigenvalue weighted by molar-refractivity contribution is 6.31. The highest BCUT2D eigenvalue weighted by Crippen LogP contribution is 2.65. The Balaban J connectivity index is 1.57. The lowest BCUT2D eigenvalue weighted by atomic mass is 9.44. The summed E-state index contributed by atoms with van der Waals surface area (Å²) in [5.41, 5.74) is 6.46. The lowest BCUT2D eigenvalue weighted by molar-refractivity contribution is -0.137. The first-order valence-electron chi connectivity index (χ1n) is 15.4. The summed E-state index contributed by atoms with van der Waals surface area (Å²) in [7, 11) is 2.86. The number of rotatable bonds is 5. The number of allylic oxidation sites excluding steroid dienone is 4. The Morgan fingerprint density at radius 3 is 2.11 bits per heavy atom. The molecule has 3 aromatic carbocycles. The summed E-state index contributed by atoms with van der Waals surface area (Å²) in [6.45, 7) is 0. The number of nitrogens with two attached hydrogens (primary N) is 1. The number of methoxy groups -OCH3 is 2. The van der Waals surface area contributed by atoms with Crippen molar-refractivity contribution >= 4 is 35.0 Å². The summed E-state index contributed by atoms with van der Waals surface area (Å²) in [4.78, 5) is 70.1. The maximum atomic E-state index is 15.1. The number of hydrogen-bond acceptors (Lipinski definition) is 8. The summed E-state index contributed by atoms with van der Waals surface area (Å²) in [5, 5.41) is 10.6. The number of fused-ring (bicyclic) bond motifs is 4. The predicted octanol–water partition coefficient (Wildman–Crippen LogP) is 4.31. The molecule has 0 unspecified atom stereocenters. The summed E-state index contributed by atoms with van der Waals surface area (Å²) >= 11 is 0. The summed E-state index contributed by atoms with van der Waals surface area (Å²) in [6, 6.07) is 19.7. The number of amides is 4. The molecule has 4 amide bonds. The average molecular weight is 633 g/mol. The molecular formula is C37H32N2O8. The van der Waals surface area contributed by atoms with Crippen LogP contribution in [0, 0.1) is 23.7 Å². The van der Waals surface area contributed by atoms with Gasteiger partial charge in [-0.1, -0.05) is 72.3 Å². The first-order chi connectivity index (χ1) is 22.6. The van der Waals surface area contributed by atoms with Gasteiger partial charge in [-0.15, -0.1) is 0 Å². The fraction of sp³-hybridized carbons (Fsp3) is 0.270. The second kappa shape index (κ2) is 11.1. The fourth-order valence-corrected chi connectivity index (χ4v) is 8.62. The summed E-state index contributed by atoms with van der Waals surface area (Å²) in [6.07, 6.45) is 3.44. The number of benzene rings is 3. The minimum absolute atomic E-state index is 0.0570. The standard InChI is InChI=1S/C37H32N2O8/c1-46-27-15-21(40)16-28(47-2)31(27)32-22-13-14-23-30(35(44)39(34(23)43)36(38)45)25(22)17-26-33(42)24(19-9-5-3-6-10-19)18-29(41)37(26,32)20-11-7-4-8-12-20/h3-13,15-16,18,23,25-26,30,32,40H,14,17H2,1-2H3,(H2,38,45)/t23-,25+,26-,30-,32+,37-/m0/s1. The van der Waals surface area contributed by atoms with Crippen LogP contribution in [0.3, 0.4) is 0 Å². The molecule has 0 spiro atoms. The lowest BCUT2D eigenvalue weighted by Crippen LogP contribution is -2.59. The molecule has 2 fully saturated rings. The third-order valence-electron chi connectivity index (χ3n) is 10.4. The number of Topliss-reactive ketones (excluding diaryl/α,β-unsaturated/α-hetero) is 1. The second-order valence-corrected chi connectivity index (χ2v) is 12.4. The largest absolute Gasteiger partial charge is 0.508 e. The van der Waals surface area contributed by atoms with Crippen LogP contribution in [0.15, 0.2) is 90.5 Å². The molecule has 238 valence electrons. The summed E-state index contributed by atoms with van der Waals surface area (Å²) in [5.74, 6) is -6.17. The van der Waals surface area contributed by atoms with Gasteiger partial charge in [0.2, 0.25) is 11.8 Å². The van der Waals surface area contributed by atoms with Crippen molar-refractivity contribution in [1.82, 2.24) is 4.90 Å². The van der Waals surface area contributed by atoms with Crippen LogP contribution in [0.5, 0.6) is 17.2 Å². The van der Waals surface area contributed by atoms with E-state index in [1.807, 2.05) is 30.3 Å². The van der Waals surface area contributed by atoms with E-state index in [4.69, 9.17) is 15.2 Å². The number of likely N-dealkylation sites (tertiary alicyclic amines) is 1. The Morgan fingerprint density at radius 1 is 0.894 bits per heavy atom. The Bertz CT molecular complexity index is 1890. The molecular weight excluding hydrogens is 600 g/mol. The number of carbonyl (C=O) groups excluding carboxylic acids is 5. The lowest BCUT2D eigenvalue weighted by Gasteiger charge is -2.55. The second-order valence-electron chi connectivity index (χ2n) is 12.4. The molecule has 1 saturated heterocycles. The molecule has 47 heavy (non-hydrogen) atoms. The minimum atomic E-state index is -1.53. The molecule has 1 heterocycles. The molecule has 0 radical (unpaired) electrons. The molecule has 1 saturated carbocycles. The zero-order valence-corrected chi connectivity index (χ0v) is 25.7. The van der Waals surface area contributed by atoms with Crippen LogP contribution in [0.25, 0.3) is 5.57 Å². The van der Waals surface area contributed by atoms with Gasteiger partial charge in [0, 0.05) is 35.1 Å². The summed E-state index contributed by atoms with van der Waals surface area (Å²) < 4.78 is 11.6. The molecule has 10 nitrogen and oxygen atoms in total. The van der Waals surface area contributed by atoms with Gasteiger partial charge < -0.3 is 20.3 Å². The van der Waals surface area contributed by atoms with Crippen LogP contribution in [0.4, 0.5) is 4.79 Å². The van der Waals surface area contributed by atoms with Gasteiger partial charge in [-0.2, -0.15) is 4.90 Å². The maximum absolute atomic E-state index is 15.1. The molecule has 0 aromatic heterocycles. The molecule has 1 aliphatic heterocycles. The van der Waals surface area contributed by atoms with Crippen LogP contribution >= 0.6 is 0 Å². The van der Waals surface area contributed by atoms with Crippen LogP contribution in [0.1, 0.15) is 35.4 Å². The minimum Gasteiger partial charge on any atom is -0.508 e. The number of aromatic hydroxyl groups is 1. The van der Waals surface area contributed by atoms with Crippen LogP contribution in [0.2, 0.25) is 0 Å². The number of imide groups is 3. The normalized spacial score (nSPS) is 28.1. The van der Waals surface area contributed by atoms with Gasteiger partial charge in [0.25, 0.3) is 0 Å². The predicted molar refractivity (Wildman–Crippen MR) is 169 cm³/mol. The van der Waals surface area contributed by atoms with Gasteiger partial charge in [-0.05, 0) is 36.0 Å². The first-order valence-corrected chi connectivity index (χ1v) is 15.4. The number of phenolic OH excluding ortho intramolecular Hbond substituents is 1. The molecule has 3 aromatic rings. The quantitative estimate of drug-likeness (QED) is 0.312. The van der Waals surface area contributed by atoms with Crippen molar-refractivity contribution < 1.29 is 38.6 Å². The molecule has 10 heteroatoms. The highest BCUT2D eigenvalue weighted by Gasteiger charge is 2.67. The van der Waals surface area contributed by atoms with Gasteiger partial charge in [0.15, 0.2) is 11.6 Å². The van der Waals surface area contributed by atoms with Gasteiger partial charge in [0.1, 0.15) is 17.2 Å². The number of hydrogen-bond donors (Lipinski definition) is 2. The van der Waals surface area contributed by atoms with E-state index in [0.717, 1.165) is 0 Å². The van der Waals surface area contributed by atoms with Crippen LogP contribution in [-0.4, -0.2) is 53.6 Å². The van der Waals surface area contributed by atoms with Crippen LogP contribution in [-0.2, 0) is 24.6 Å². The van der Waals surface area contributed by atoms with Gasteiger partial charge in [-0.25, -0.2) is 4.79 Å². The smallest absolute Gasteiger partial charge is 0.328 e. The van der Waals surface area contributed by atoms with E-state index in [-0.39, 0.29) is 47.2 Å². The number of ether oxygens (including phenoxy) is 2. The Morgan fingerprint density at radius 2 is 1.51 bits per heavy atom. The SMILES string of the molecule is COc1cc(O)cc(OC)c1[C@H]1C2=CC[C@@H]3C(=O)N(C(N)=O)C(=O)[C@@H]3[C@@H]2C[C@H]2C(=O)C(c3ccccc3)=CC(=O)[C@@]12c1ccccc1. The number of nitrogens with zero attached hydrogens (tertiary/aromatic N) is 1. The van der Waals surface area contributed by atoms with E-state index in [9.17, 15) is 24.3 Å². The molecule has 3 N–H and O–H groups in total. The number of phenols is 1. The van der Waals surface area contributed by atoms with E-state index in [1.165, 1.54) is 32.4 Å². The van der Waals surface area contributed by atoms with E-state index in [0.29, 0.717) is 27.2 Å². The van der Waals surface area contributed by atoms with E-state index < -0.39 is 52.8 Å². The van der Waals surface area contributed by atoms with Crippen molar-refractivity contribution in [3.05, 3.63) is 107 Å². The maximum Gasteiger partial charge on any atom is 0.328 e.